The van der Waals surface area contributed by atoms with Crippen molar-refractivity contribution >= 4 is 5.91 Å². The molecule has 1 aromatic carbocycles. The van der Waals surface area contributed by atoms with E-state index in [0.29, 0.717) is 5.56 Å². The second kappa shape index (κ2) is 6.14. The molecule has 0 saturated heterocycles. The Morgan fingerprint density at radius 2 is 2.00 bits per heavy atom. The lowest BCUT2D eigenvalue weighted by atomic mass is 10.1. The van der Waals surface area contributed by atoms with Crippen LogP contribution >= 0.6 is 0 Å². The Balaban J connectivity index is 2.76. The predicted octanol–water partition coefficient (Wildman–Crippen LogP) is 0.999. The van der Waals surface area contributed by atoms with E-state index in [0.717, 1.165) is 0 Å². The fourth-order valence-electron chi connectivity index (χ4n) is 1.20. The number of carbonyl (C=O) groups is 1. The molecule has 6 heteroatoms. The van der Waals surface area contributed by atoms with Gasteiger partial charge in [0.25, 0.3) is 12.3 Å². The highest BCUT2D eigenvalue weighted by atomic mass is 19.3. The molecule has 0 radical (unpaired) electrons. The third-order valence-corrected chi connectivity index (χ3v) is 1.87. The van der Waals surface area contributed by atoms with Gasteiger partial charge in [-0.25, -0.2) is 14.6 Å². The highest BCUT2D eigenvalue weighted by molar-refractivity contribution is 5.81. The van der Waals surface area contributed by atoms with Crippen molar-refractivity contribution in [3.05, 3.63) is 35.9 Å². The van der Waals surface area contributed by atoms with Crippen molar-refractivity contribution in [1.29, 1.82) is 0 Å². The summed E-state index contributed by atoms with van der Waals surface area (Å²) in [5.74, 6) is 4.29. The van der Waals surface area contributed by atoms with Gasteiger partial charge in [0, 0.05) is 0 Å². The number of nitrogens with two attached hydrogens (primary N) is 1. The minimum Gasteiger partial charge on any atom is -0.358 e. The zero-order valence-corrected chi connectivity index (χ0v) is 8.40. The van der Waals surface area contributed by atoms with Crippen molar-refractivity contribution in [1.82, 2.24) is 5.43 Å². The molecule has 3 N–H and O–H groups in total. The van der Waals surface area contributed by atoms with Gasteiger partial charge >= 0.3 is 0 Å². The first-order valence-corrected chi connectivity index (χ1v) is 4.60. The molecule has 0 heterocycles. The van der Waals surface area contributed by atoms with E-state index < -0.39 is 25.0 Å². The van der Waals surface area contributed by atoms with Gasteiger partial charge in [-0.05, 0) is 5.56 Å². The number of carbonyl (C=O) groups excluding carboxylic acids is 1. The van der Waals surface area contributed by atoms with E-state index in [1.807, 2.05) is 5.43 Å². The van der Waals surface area contributed by atoms with Crippen LogP contribution in [0.4, 0.5) is 8.78 Å². The molecular weight excluding hydrogens is 218 g/mol. The Morgan fingerprint density at radius 3 is 2.50 bits per heavy atom. The third-order valence-electron chi connectivity index (χ3n) is 1.87. The van der Waals surface area contributed by atoms with Crippen molar-refractivity contribution in [2.24, 2.45) is 5.84 Å². The molecule has 1 rings (SSSR count). The summed E-state index contributed by atoms with van der Waals surface area (Å²) in [5.41, 5.74) is 2.36. The summed E-state index contributed by atoms with van der Waals surface area (Å²) in [6, 6.07) is 8.31. The Morgan fingerprint density at radius 1 is 1.38 bits per heavy atom. The van der Waals surface area contributed by atoms with Crippen LogP contribution in [0, 0.1) is 0 Å². The van der Waals surface area contributed by atoms with E-state index in [1.165, 1.54) is 0 Å². The third kappa shape index (κ3) is 3.56. The summed E-state index contributed by atoms with van der Waals surface area (Å²) in [6.45, 7) is -0.813. The van der Waals surface area contributed by atoms with Crippen LogP contribution in [0.3, 0.4) is 0 Å². The Hall–Kier alpha value is -1.53. The van der Waals surface area contributed by atoms with Gasteiger partial charge in [0.15, 0.2) is 6.10 Å². The molecule has 0 saturated carbocycles. The first kappa shape index (κ1) is 12.5. The topological polar surface area (TPSA) is 64.3 Å². The first-order valence-electron chi connectivity index (χ1n) is 4.60. The maximum absolute atomic E-state index is 12.0. The number of hydrogen-bond acceptors (Lipinski definition) is 3. The van der Waals surface area contributed by atoms with E-state index in [2.05, 4.69) is 0 Å². The summed E-state index contributed by atoms with van der Waals surface area (Å²) in [4.78, 5) is 11.3. The second-order valence-electron chi connectivity index (χ2n) is 3.02. The van der Waals surface area contributed by atoms with Crippen LogP contribution < -0.4 is 11.3 Å². The molecule has 0 bridgehead atoms. The van der Waals surface area contributed by atoms with Crippen LogP contribution in [0.1, 0.15) is 11.7 Å². The average molecular weight is 230 g/mol. The zero-order valence-electron chi connectivity index (χ0n) is 8.40. The van der Waals surface area contributed by atoms with Crippen LogP contribution in [-0.2, 0) is 9.53 Å². The summed E-state index contributed by atoms with van der Waals surface area (Å²) in [5, 5.41) is 0. The molecule has 1 atom stereocenters. The number of halogens is 2. The number of nitrogens with one attached hydrogen (secondary N) is 1. The minimum atomic E-state index is -2.63. The van der Waals surface area contributed by atoms with Gasteiger partial charge in [-0.3, -0.25) is 10.2 Å². The molecule has 88 valence electrons. The molecule has 1 unspecified atom stereocenters. The van der Waals surface area contributed by atoms with E-state index in [1.54, 1.807) is 30.3 Å². The molecule has 1 amide bonds. The predicted molar refractivity (Wildman–Crippen MR) is 53.5 cm³/mol. The van der Waals surface area contributed by atoms with Gasteiger partial charge < -0.3 is 4.74 Å². The fraction of sp³-hybridized carbons (Fsp3) is 0.300. The Labute approximate surface area is 91.4 Å². The standard InChI is InChI=1S/C10H12F2N2O2/c11-8(12)6-16-9(10(15)14-13)7-4-2-1-3-5-7/h1-5,8-9H,6,13H2,(H,14,15). The van der Waals surface area contributed by atoms with E-state index in [4.69, 9.17) is 10.6 Å². The van der Waals surface area contributed by atoms with E-state index >= 15 is 0 Å². The molecule has 0 fully saturated rings. The minimum absolute atomic E-state index is 0.478. The molecule has 16 heavy (non-hydrogen) atoms. The number of rotatable bonds is 5. The van der Waals surface area contributed by atoms with Gasteiger partial charge in [0.1, 0.15) is 6.61 Å². The van der Waals surface area contributed by atoms with Gasteiger partial charge in [-0.15, -0.1) is 0 Å². The molecule has 0 aliphatic carbocycles. The number of ether oxygens (including phenoxy) is 1. The first-order chi connectivity index (χ1) is 7.65. The van der Waals surface area contributed by atoms with Gasteiger partial charge in [0.05, 0.1) is 0 Å². The van der Waals surface area contributed by atoms with Crippen LogP contribution in [0.15, 0.2) is 30.3 Å². The van der Waals surface area contributed by atoms with Crippen LogP contribution in [0.5, 0.6) is 0 Å². The summed E-state index contributed by atoms with van der Waals surface area (Å²) < 4.78 is 28.8. The number of amides is 1. The van der Waals surface area contributed by atoms with Gasteiger partial charge in [-0.1, -0.05) is 30.3 Å². The largest absolute Gasteiger partial charge is 0.358 e. The van der Waals surface area contributed by atoms with Crippen molar-refractivity contribution in [2.75, 3.05) is 6.61 Å². The zero-order chi connectivity index (χ0) is 12.0. The molecule has 4 nitrogen and oxygen atoms in total. The average Bonchev–Trinajstić information content (AvgIpc) is 2.30. The number of hydrazine groups is 1. The molecule has 0 spiro atoms. The summed E-state index contributed by atoms with van der Waals surface area (Å²) in [7, 11) is 0. The quantitative estimate of drug-likeness (QED) is 0.450. The second-order valence-corrected chi connectivity index (χ2v) is 3.02. The fourth-order valence-corrected chi connectivity index (χ4v) is 1.20. The summed E-state index contributed by atoms with van der Waals surface area (Å²) >= 11 is 0. The SMILES string of the molecule is NNC(=O)C(OCC(F)F)c1ccccc1. The lowest BCUT2D eigenvalue weighted by Crippen LogP contribution is -2.36. The van der Waals surface area contributed by atoms with Crippen molar-refractivity contribution in [3.8, 4) is 0 Å². The maximum Gasteiger partial charge on any atom is 0.267 e. The molecular formula is C10H12F2N2O2. The normalized spacial score (nSPS) is 12.5. The summed E-state index contributed by atoms with van der Waals surface area (Å²) in [6.07, 6.45) is -3.74. The van der Waals surface area contributed by atoms with E-state index in [9.17, 15) is 13.6 Å². The molecule has 0 aromatic heterocycles. The van der Waals surface area contributed by atoms with Crippen LogP contribution in [0.2, 0.25) is 0 Å². The lowest BCUT2D eigenvalue weighted by molar-refractivity contribution is -0.136. The van der Waals surface area contributed by atoms with E-state index in [-0.39, 0.29) is 0 Å². The maximum atomic E-state index is 12.0. The Bertz CT molecular complexity index is 333. The van der Waals surface area contributed by atoms with Crippen molar-refractivity contribution in [3.63, 3.8) is 0 Å². The number of hydrogen-bond donors (Lipinski definition) is 2. The molecule has 0 aliphatic heterocycles. The monoisotopic (exact) mass is 230 g/mol. The Kier molecular flexibility index (Phi) is 4.81. The number of alkyl halides is 2. The smallest absolute Gasteiger partial charge is 0.267 e. The van der Waals surface area contributed by atoms with Crippen molar-refractivity contribution in [2.45, 2.75) is 12.5 Å². The van der Waals surface area contributed by atoms with Crippen LogP contribution in [-0.4, -0.2) is 18.9 Å². The highest BCUT2D eigenvalue weighted by Crippen LogP contribution is 2.17. The van der Waals surface area contributed by atoms with Gasteiger partial charge in [0.2, 0.25) is 0 Å². The van der Waals surface area contributed by atoms with Crippen LogP contribution in [0.25, 0.3) is 0 Å². The highest BCUT2D eigenvalue weighted by Gasteiger charge is 2.21. The van der Waals surface area contributed by atoms with Crippen molar-refractivity contribution < 1.29 is 18.3 Å². The number of benzene rings is 1. The van der Waals surface area contributed by atoms with Gasteiger partial charge in [-0.2, -0.15) is 0 Å². The molecule has 0 aliphatic rings. The molecule has 1 aromatic rings. The lowest BCUT2D eigenvalue weighted by Gasteiger charge is -2.16.